The number of benzene rings is 2. The molecule has 2 aromatic heterocycles. The van der Waals surface area contributed by atoms with Crippen LogP contribution in [0.25, 0.3) is 21.8 Å². The lowest BCUT2D eigenvalue weighted by Gasteiger charge is -2.09. The molecular formula is C18H16N4O3S. The Hall–Kier alpha value is -2.97. The van der Waals surface area contributed by atoms with Crippen molar-refractivity contribution in [1.29, 1.82) is 0 Å². The highest BCUT2D eigenvalue weighted by atomic mass is 32.2. The predicted octanol–water partition coefficient (Wildman–Crippen LogP) is 1.55. The summed E-state index contributed by atoms with van der Waals surface area (Å²) in [6, 6.07) is 13.7. The summed E-state index contributed by atoms with van der Waals surface area (Å²) in [6.07, 6.45) is 2.94. The van der Waals surface area contributed by atoms with Crippen LogP contribution in [-0.4, -0.2) is 28.5 Å². The molecule has 0 fully saturated rings. The number of nitrogens with two attached hydrogens (primary N) is 1. The predicted molar refractivity (Wildman–Crippen MR) is 99.6 cm³/mol. The average Bonchev–Trinajstić information content (AvgIpc) is 2.94. The fourth-order valence-corrected chi connectivity index (χ4v) is 4.80. The van der Waals surface area contributed by atoms with Gasteiger partial charge in [0.1, 0.15) is 0 Å². The normalized spacial score (nSPS) is 12.0. The van der Waals surface area contributed by atoms with E-state index in [4.69, 9.17) is 5.73 Å². The van der Waals surface area contributed by atoms with E-state index in [1.165, 1.54) is 29.1 Å². The first kappa shape index (κ1) is 16.5. The van der Waals surface area contributed by atoms with Crippen LogP contribution in [0.5, 0.6) is 0 Å². The molecule has 0 unspecified atom stereocenters. The molecule has 4 aromatic rings. The van der Waals surface area contributed by atoms with Crippen molar-refractivity contribution in [2.45, 2.75) is 11.4 Å². The van der Waals surface area contributed by atoms with Crippen molar-refractivity contribution >= 4 is 31.8 Å². The zero-order valence-electron chi connectivity index (χ0n) is 13.7. The van der Waals surface area contributed by atoms with Gasteiger partial charge in [0.05, 0.1) is 22.1 Å². The van der Waals surface area contributed by atoms with Gasteiger partial charge in [-0.25, -0.2) is 13.2 Å². The largest absolute Gasteiger partial charge is 0.343 e. The van der Waals surface area contributed by atoms with Gasteiger partial charge in [-0.1, -0.05) is 36.4 Å². The number of hydrogen-bond acceptors (Lipinski definition) is 5. The number of fused-ring (bicyclic) bond motifs is 2. The van der Waals surface area contributed by atoms with Crippen LogP contribution in [0, 0.1) is 0 Å². The Balaban J connectivity index is 2.09. The van der Waals surface area contributed by atoms with Crippen LogP contribution in [0.1, 0.15) is 0 Å². The number of rotatable bonds is 4. The van der Waals surface area contributed by atoms with E-state index in [1.807, 2.05) is 18.2 Å². The van der Waals surface area contributed by atoms with Crippen molar-refractivity contribution in [2.75, 3.05) is 6.54 Å². The minimum absolute atomic E-state index is 0.0845. The van der Waals surface area contributed by atoms with Gasteiger partial charge in [0, 0.05) is 24.7 Å². The molecule has 0 bridgehead atoms. The third-order valence-corrected chi connectivity index (χ3v) is 6.06. The van der Waals surface area contributed by atoms with Gasteiger partial charge in [-0.15, -0.1) is 0 Å². The number of pyridine rings is 1. The van der Waals surface area contributed by atoms with Crippen LogP contribution in [0.15, 0.2) is 70.6 Å². The number of nitrogens with zero attached hydrogens (tertiary/aromatic N) is 3. The fourth-order valence-electron chi connectivity index (χ4n) is 3.17. The highest BCUT2D eigenvalue weighted by Crippen LogP contribution is 2.26. The second-order valence-corrected chi connectivity index (χ2v) is 7.59. The third kappa shape index (κ3) is 2.34. The Labute approximate surface area is 149 Å². The zero-order chi connectivity index (χ0) is 18.3. The Bertz CT molecular complexity index is 1280. The maximum Gasteiger partial charge on any atom is 0.343 e. The Kier molecular flexibility index (Phi) is 3.86. The first-order valence-electron chi connectivity index (χ1n) is 8.04. The van der Waals surface area contributed by atoms with E-state index >= 15 is 0 Å². The molecule has 0 amide bonds. The summed E-state index contributed by atoms with van der Waals surface area (Å²) in [6.45, 7) is 0.418. The number of imidazole rings is 1. The highest BCUT2D eigenvalue weighted by molar-refractivity contribution is 7.90. The van der Waals surface area contributed by atoms with Crippen LogP contribution in [-0.2, 0) is 16.6 Å². The van der Waals surface area contributed by atoms with Gasteiger partial charge in [-0.05, 0) is 17.5 Å². The number of aromatic nitrogens is 3. The smallest absolute Gasteiger partial charge is 0.329 e. The summed E-state index contributed by atoms with van der Waals surface area (Å²) in [4.78, 5) is 17.0. The Morgan fingerprint density at radius 1 is 1.00 bits per heavy atom. The molecule has 2 heterocycles. The summed E-state index contributed by atoms with van der Waals surface area (Å²) in [5.74, 6) is 0. The van der Waals surface area contributed by atoms with Gasteiger partial charge < -0.3 is 5.73 Å². The standard InChI is InChI=1S/C18H16N4O3S/c19-9-11-21-16-12-20-10-8-15(16)22(18(21)23)26(24,25)17-7-3-5-13-4-1-2-6-14(13)17/h1-8,10,12H,9,11,19H2. The minimum atomic E-state index is -4.11. The van der Waals surface area contributed by atoms with Crippen molar-refractivity contribution in [3.05, 3.63) is 71.4 Å². The third-order valence-electron chi connectivity index (χ3n) is 4.31. The lowest BCUT2D eigenvalue weighted by atomic mass is 10.1. The molecular weight excluding hydrogens is 352 g/mol. The van der Waals surface area contributed by atoms with Crippen LogP contribution < -0.4 is 11.4 Å². The molecule has 0 saturated carbocycles. The molecule has 0 aliphatic carbocycles. The average molecular weight is 368 g/mol. The molecule has 132 valence electrons. The van der Waals surface area contributed by atoms with Crippen molar-refractivity contribution < 1.29 is 8.42 Å². The second-order valence-electron chi connectivity index (χ2n) is 5.83. The molecule has 2 aromatic carbocycles. The number of hydrogen-bond donors (Lipinski definition) is 1. The van der Waals surface area contributed by atoms with Crippen LogP contribution in [0.2, 0.25) is 0 Å². The van der Waals surface area contributed by atoms with Crippen LogP contribution >= 0.6 is 0 Å². The molecule has 2 N–H and O–H groups in total. The topological polar surface area (TPSA) is 100.0 Å². The van der Waals surface area contributed by atoms with E-state index in [2.05, 4.69) is 4.98 Å². The van der Waals surface area contributed by atoms with E-state index < -0.39 is 15.7 Å². The van der Waals surface area contributed by atoms with Gasteiger partial charge >= 0.3 is 5.69 Å². The van der Waals surface area contributed by atoms with E-state index in [1.54, 1.807) is 18.2 Å². The molecule has 7 nitrogen and oxygen atoms in total. The molecule has 0 atom stereocenters. The summed E-state index contributed by atoms with van der Waals surface area (Å²) in [7, 11) is -4.11. The van der Waals surface area contributed by atoms with Crippen molar-refractivity contribution in [1.82, 2.24) is 13.5 Å². The molecule has 0 aliphatic heterocycles. The quantitative estimate of drug-likeness (QED) is 0.589. The lowest BCUT2D eigenvalue weighted by Crippen LogP contribution is -2.31. The summed E-state index contributed by atoms with van der Waals surface area (Å²) >= 11 is 0. The second kappa shape index (κ2) is 6.08. The van der Waals surface area contributed by atoms with Gasteiger partial charge in [0.25, 0.3) is 10.0 Å². The van der Waals surface area contributed by atoms with Gasteiger partial charge in [0.2, 0.25) is 0 Å². The molecule has 4 rings (SSSR count). The SMILES string of the molecule is NCCn1c(=O)n(S(=O)(=O)c2cccc3ccccc23)c2ccncc21. The fraction of sp³-hybridized carbons (Fsp3) is 0.111. The molecule has 8 heteroatoms. The van der Waals surface area contributed by atoms with Gasteiger partial charge in [0.15, 0.2) is 0 Å². The maximum absolute atomic E-state index is 13.4. The summed E-state index contributed by atoms with van der Waals surface area (Å²) in [5.41, 5.74) is 5.66. The molecule has 0 saturated heterocycles. The van der Waals surface area contributed by atoms with E-state index in [0.717, 1.165) is 9.36 Å². The first-order valence-corrected chi connectivity index (χ1v) is 9.48. The van der Waals surface area contributed by atoms with Crippen molar-refractivity contribution in [3.8, 4) is 0 Å². The van der Waals surface area contributed by atoms with Crippen LogP contribution in [0.3, 0.4) is 0 Å². The molecule has 0 radical (unpaired) electrons. The maximum atomic E-state index is 13.4. The Morgan fingerprint density at radius 3 is 2.58 bits per heavy atom. The monoisotopic (exact) mass is 368 g/mol. The van der Waals surface area contributed by atoms with Crippen molar-refractivity contribution in [3.63, 3.8) is 0 Å². The lowest BCUT2D eigenvalue weighted by molar-refractivity contribution is 0.584. The van der Waals surface area contributed by atoms with Crippen molar-refractivity contribution in [2.24, 2.45) is 5.73 Å². The summed E-state index contributed by atoms with van der Waals surface area (Å²) in [5, 5.41) is 1.35. The van der Waals surface area contributed by atoms with Crippen LogP contribution in [0.4, 0.5) is 0 Å². The molecule has 0 aliphatic rings. The highest BCUT2D eigenvalue weighted by Gasteiger charge is 2.26. The molecule has 26 heavy (non-hydrogen) atoms. The molecule has 0 spiro atoms. The van der Waals surface area contributed by atoms with E-state index in [-0.39, 0.29) is 23.5 Å². The Morgan fingerprint density at radius 2 is 1.77 bits per heavy atom. The minimum Gasteiger partial charge on any atom is -0.329 e. The van der Waals surface area contributed by atoms with E-state index in [9.17, 15) is 13.2 Å². The first-order chi connectivity index (χ1) is 12.6. The van der Waals surface area contributed by atoms with Gasteiger partial charge in [-0.3, -0.25) is 9.55 Å². The zero-order valence-corrected chi connectivity index (χ0v) is 14.6. The van der Waals surface area contributed by atoms with E-state index in [0.29, 0.717) is 10.9 Å². The van der Waals surface area contributed by atoms with Gasteiger partial charge in [-0.2, -0.15) is 3.97 Å². The summed E-state index contributed by atoms with van der Waals surface area (Å²) < 4.78 is 29.0.